The van der Waals surface area contributed by atoms with Gasteiger partial charge in [-0.1, -0.05) is 40.2 Å². The second kappa shape index (κ2) is 6.88. The molecule has 23 heavy (non-hydrogen) atoms. The maximum atomic E-state index is 12.1. The number of nitrogens with one attached hydrogen (secondary N) is 1. The molecule has 0 unspecified atom stereocenters. The van der Waals surface area contributed by atoms with E-state index in [-0.39, 0.29) is 10.6 Å². The van der Waals surface area contributed by atoms with Crippen molar-refractivity contribution >= 4 is 37.9 Å². The maximum Gasteiger partial charge on any atom is 0.276 e. The zero-order chi connectivity index (χ0) is 17.0. The summed E-state index contributed by atoms with van der Waals surface area (Å²) >= 11 is 3.31. The van der Waals surface area contributed by atoms with Gasteiger partial charge in [0.25, 0.3) is 15.7 Å². The molecule has 0 radical (unpaired) electrons. The van der Waals surface area contributed by atoms with Gasteiger partial charge in [0.1, 0.15) is 0 Å². The first kappa shape index (κ1) is 17.1. The lowest BCUT2D eigenvalue weighted by molar-refractivity contribution is -0.385. The first-order chi connectivity index (χ1) is 10.8. The minimum atomic E-state index is -3.98. The number of rotatable bonds is 5. The quantitative estimate of drug-likeness (QED) is 0.475. The van der Waals surface area contributed by atoms with Gasteiger partial charge in [-0.25, -0.2) is 4.83 Å². The summed E-state index contributed by atoms with van der Waals surface area (Å²) in [6.45, 7) is 1.53. The van der Waals surface area contributed by atoms with E-state index in [2.05, 4.69) is 21.0 Å². The van der Waals surface area contributed by atoms with Gasteiger partial charge in [0, 0.05) is 21.7 Å². The molecule has 0 aliphatic carbocycles. The van der Waals surface area contributed by atoms with Gasteiger partial charge in [-0.3, -0.25) is 10.1 Å². The van der Waals surface area contributed by atoms with Crippen LogP contribution in [0.1, 0.15) is 11.1 Å². The second-order valence-electron chi connectivity index (χ2n) is 4.58. The number of hydrogen-bond donors (Lipinski definition) is 1. The lowest BCUT2D eigenvalue weighted by atomic mass is 10.2. The van der Waals surface area contributed by atoms with E-state index in [1.807, 2.05) is 10.9 Å². The van der Waals surface area contributed by atoms with Gasteiger partial charge in [-0.2, -0.15) is 13.5 Å². The number of nitrogens with zero attached hydrogens (tertiary/aromatic N) is 2. The normalized spacial score (nSPS) is 11.6. The van der Waals surface area contributed by atoms with Crippen LogP contribution in [0.2, 0.25) is 0 Å². The van der Waals surface area contributed by atoms with Gasteiger partial charge in [-0.15, -0.1) is 0 Å². The van der Waals surface area contributed by atoms with E-state index in [9.17, 15) is 18.5 Å². The largest absolute Gasteiger partial charge is 0.276 e. The topological polar surface area (TPSA) is 102 Å². The summed E-state index contributed by atoms with van der Waals surface area (Å²) < 4.78 is 25.0. The van der Waals surface area contributed by atoms with E-state index in [4.69, 9.17) is 0 Å². The summed E-state index contributed by atoms with van der Waals surface area (Å²) in [7, 11) is -3.98. The lowest BCUT2D eigenvalue weighted by Gasteiger charge is -2.04. The Balaban J connectivity index is 2.24. The van der Waals surface area contributed by atoms with Crippen LogP contribution >= 0.6 is 15.9 Å². The third-order valence-corrected chi connectivity index (χ3v) is 4.91. The van der Waals surface area contributed by atoms with E-state index in [1.165, 1.54) is 25.3 Å². The minimum absolute atomic E-state index is 0.223. The summed E-state index contributed by atoms with van der Waals surface area (Å²) in [5.74, 6) is 0. The van der Waals surface area contributed by atoms with Crippen LogP contribution in [0.4, 0.5) is 5.69 Å². The molecule has 9 heteroatoms. The third-order valence-electron chi connectivity index (χ3n) is 2.97. The number of benzene rings is 2. The first-order valence-corrected chi connectivity index (χ1v) is 8.63. The first-order valence-electron chi connectivity index (χ1n) is 6.36. The Morgan fingerprint density at radius 1 is 1.26 bits per heavy atom. The molecule has 1 N–H and O–H groups in total. The molecule has 0 aliphatic rings. The summed E-state index contributed by atoms with van der Waals surface area (Å²) in [6.07, 6.45) is 1.34. The molecule has 0 aromatic heterocycles. The fraction of sp³-hybridized carbons (Fsp3) is 0.0714. The summed E-state index contributed by atoms with van der Waals surface area (Å²) in [5.41, 5.74) is 0.804. The zero-order valence-electron chi connectivity index (χ0n) is 11.9. The molecule has 0 heterocycles. The Morgan fingerprint density at radius 3 is 2.61 bits per heavy atom. The van der Waals surface area contributed by atoms with Crippen LogP contribution in [0.25, 0.3) is 0 Å². The molecule has 0 aliphatic heterocycles. The van der Waals surface area contributed by atoms with Crippen molar-refractivity contribution < 1.29 is 13.3 Å². The average Bonchev–Trinajstić information content (AvgIpc) is 2.49. The highest BCUT2D eigenvalue weighted by molar-refractivity contribution is 9.10. The molecule has 0 spiro atoms. The lowest BCUT2D eigenvalue weighted by Crippen LogP contribution is -2.18. The monoisotopic (exact) mass is 397 g/mol. The molecule has 0 saturated carbocycles. The predicted octanol–water partition coefficient (Wildman–Crippen LogP) is 2.98. The highest BCUT2D eigenvalue weighted by Crippen LogP contribution is 2.22. The smallest absolute Gasteiger partial charge is 0.258 e. The van der Waals surface area contributed by atoms with Crippen LogP contribution in [-0.4, -0.2) is 19.6 Å². The van der Waals surface area contributed by atoms with Gasteiger partial charge in [0.15, 0.2) is 0 Å². The van der Waals surface area contributed by atoms with Crippen molar-refractivity contribution in [3.8, 4) is 0 Å². The molecular weight excluding hydrogens is 386 g/mol. The number of nitro groups is 1. The molecule has 7 nitrogen and oxygen atoms in total. The van der Waals surface area contributed by atoms with Crippen molar-refractivity contribution in [2.45, 2.75) is 11.8 Å². The van der Waals surface area contributed by atoms with Crippen LogP contribution < -0.4 is 4.83 Å². The molecule has 2 aromatic carbocycles. The van der Waals surface area contributed by atoms with Crippen molar-refractivity contribution in [1.82, 2.24) is 4.83 Å². The van der Waals surface area contributed by atoms with E-state index < -0.39 is 14.9 Å². The number of hydrazone groups is 1. The summed E-state index contributed by atoms with van der Waals surface area (Å²) in [6, 6.07) is 10.8. The number of halogens is 1. The van der Waals surface area contributed by atoms with Crippen LogP contribution in [0.3, 0.4) is 0 Å². The number of aryl methyl sites for hydroxylation is 1. The Labute approximate surface area is 141 Å². The molecule has 0 saturated heterocycles. The Kier molecular flexibility index (Phi) is 5.12. The Morgan fingerprint density at radius 2 is 1.96 bits per heavy atom. The van der Waals surface area contributed by atoms with E-state index in [1.54, 1.807) is 18.2 Å². The van der Waals surface area contributed by atoms with E-state index in [0.29, 0.717) is 11.1 Å². The van der Waals surface area contributed by atoms with Crippen LogP contribution in [0.5, 0.6) is 0 Å². The number of hydrogen-bond acceptors (Lipinski definition) is 5. The maximum absolute atomic E-state index is 12.1. The fourth-order valence-electron chi connectivity index (χ4n) is 1.75. The molecule has 0 bridgehead atoms. The van der Waals surface area contributed by atoms with Crippen LogP contribution in [0, 0.1) is 17.0 Å². The van der Waals surface area contributed by atoms with Gasteiger partial charge in [-0.05, 0) is 19.1 Å². The number of sulfonamides is 1. The highest BCUT2D eigenvalue weighted by Gasteiger charge is 2.19. The van der Waals surface area contributed by atoms with Crippen molar-refractivity contribution in [3.63, 3.8) is 0 Å². The van der Waals surface area contributed by atoms with Gasteiger partial charge >= 0.3 is 0 Å². The van der Waals surface area contributed by atoms with Crippen molar-refractivity contribution in [2.24, 2.45) is 5.10 Å². The molecule has 0 amide bonds. The third kappa shape index (κ3) is 4.14. The van der Waals surface area contributed by atoms with E-state index in [0.717, 1.165) is 10.5 Å². The number of nitro benzene ring substituents is 1. The molecular formula is C14H12BrN3O4S. The van der Waals surface area contributed by atoms with Crippen molar-refractivity contribution in [2.75, 3.05) is 0 Å². The molecule has 0 fully saturated rings. The second-order valence-corrected chi connectivity index (χ2v) is 7.10. The van der Waals surface area contributed by atoms with Crippen LogP contribution in [-0.2, 0) is 10.0 Å². The van der Waals surface area contributed by atoms with Gasteiger partial charge < -0.3 is 0 Å². The summed E-state index contributed by atoms with van der Waals surface area (Å²) in [4.78, 5) is 12.1. The Bertz CT molecular complexity index is 881. The molecule has 0 atom stereocenters. The SMILES string of the molecule is Cc1ccc(S(=O)(=O)N/N=C/c2ccccc2Br)cc1[N+](=O)[O-]. The van der Waals surface area contributed by atoms with Gasteiger partial charge in [0.05, 0.1) is 16.0 Å². The zero-order valence-corrected chi connectivity index (χ0v) is 14.3. The predicted molar refractivity (Wildman–Crippen MR) is 89.9 cm³/mol. The van der Waals surface area contributed by atoms with Crippen LogP contribution in [0.15, 0.2) is 56.9 Å². The summed E-state index contributed by atoms with van der Waals surface area (Å²) in [5, 5.41) is 14.6. The van der Waals surface area contributed by atoms with Crippen molar-refractivity contribution in [3.05, 3.63) is 68.2 Å². The molecule has 120 valence electrons. The molecule has 2 aromatic rings. The standard InChI is InChI=1S/C14H12BrN3O4S/c1-10-6-7-12(8-14(10)18(19)20)23(21,22)17-16-9-11-4-2-3-5-13(11)15/h2-9,17H,1H3/b16-9+. The Hall–Kier alpha value is -2.26. The average molecular weight is 398 g/mol. The fourth-order valence-corrected chi connectivity index (χ4v) is 2.95. The van der Waals surface area contributed by atoms with Gasteiger partial charge in [0.2, 0.25) is 0 Å². The molecule has 2 rings (SSSR count). The van der Waals surface area contributed by atoms with Crippen molar-refractivity contribution in [1.29, 1.82) is 0 Å². The minimum Gasteiger partial charge on any atom is -0.258 e. The van der Waals surface area contributed by atoms with E-state index >= 15 is 0 Å². The highest BCUT2D eigenvalue weighted by atomic mass is 79.9.